The van der Waals surface area contributed by atoms with Gasteiger partial charge in [-0.05, 0) is 36.1 Å². The minimum absolute atomic E-state index is 0.00420. The van der Waals surface area contributed by atoms with Gasteiger partial charge in [0.2, 0.25) is 5.91 Å². The van der Waals surface area contributed by atoms with Crippen LogP contribution < -0.4 is 10.2 Å². The van der Waals surface area contributed by atoms with E-state index in [9.17, 15) is 14.9 Å². The number of non-ortho nitro benzene ring substituents is 1. The average molecular weight is 396 g/mol. The summed E-state index contributed by atoms with van der Waals surface area (Å²) in [5, 5.41) is 13.9. The highest BCUT2D eigenvalue weighted by Crippen LogP contribution is 2.26. The summed E-state index contributed by atoms with van der Waals surface area (Å²) in [7, 11) is 0. The number of rotatable bonds is 7. The zero-order valence-corrected chi connectivity index (χ0v) is 17.0. The van der Waals surface area contributed by atoms with Crippen molar-refractivity contribution in [3.05, 3.63) is 64.2 Å². The molecule has 7 nitrogen and oxygen atoms in total. The maximum atomic E-state index is 12.6. The second kappa shape index (κ2) is 9.52. The van der Waals surface area contributed by atoms with Crippen molar-refractivity contribution in [2.45, 2.75) is 26.2 Å². The van der Waals surface area contributed by atoms with Gasteiger partial charge in [-0.3, -0.25) is 19.8 Å². The standard InChI is InChI=1S/C22H28N4O3/c1-3-17(2)20-6-4-5-7-21(20)23-22(27)16-24-12-14-25(15-13-24)18-8-10-19(11-9-18)26(28)29/h4-11,17H,3,12-16H2,1-2H3,(H,23,27)/t17-/m0/s1. The molecule has 0 aliphatic carbocycles. The molecule has 0 bridgehead atoms. The highest BCUT2D eigenvalue weighted by atomic mass is 16.6. The Kier molecular flexibility index (Phi) is 6.82. The summed E-state index contributed by atoms with van der Waals surface area (Å²) in [4.78, 5) is 27.3. The van der Waals surface area contributed by atoms with Gasteiger partial charge in [0.05, 0.1) is 11.5 Å². The number of carbonyl (C=O) groups excluding carboxylic acids is 1. The first kappa shape index (κ1) is 20.8. The second-order valence-corrected chi connectivity index (χ2v) is 7.48. The topological polar surface area (TPSA) is 78.7 Å². The zero-order chi connectivity index (χ0) is 20.8. The Morgan fingerprint density at radius 1 is 1.10 bits per heavy atom. The van der Waals surface area contributed by atoms with E-state index in [0.29, 0.717) is 12.5 Å². The molecule has 1 N–H and O–H groups in total. The Morgan fingerprint density at radius 3 is 2.38 bits per heavy atom. The first-order chi connectivity index (χ1) is 14.0. The molecule has 0 unspecified atom stereocenters. The van der Waals surface area contributed by atoms with Crippen LogP contribution in [0.2, 0.25) is 0 Å². The Hall–Kier alpha value is -2.93. The van der Waals surface area contributed by atoms with Gasteiger partial charge in [-0.15, -0.1) is 0 Å². The molecule has 1 heterocycles. The SMILES string of the molecule is CC[C@H](C)c1ccccc1NC(=O)CN1CCN(c2ccc([N+](=O)[O-])cc2)CC1. The molecule has 1 fully saturated rings. The summed E-state index contributed by atoms with van der Waals surface area (Å²) < 4.78 is 0. The van der Waals surface area contributed by atoms with Crippen molar-refractivity contribution in [2.75, 3.05) is 42.9 Å². The van der Waals surface area contributed by atoms with Crippen LogP contribution in [0.4, 0.5) is 17.1 Å². The maximum absolute atomic E-state index is 12.6. The van der Waals surface area contributed by atoms with E-state index in [1.165, 1.54) is 17.7 Å². The van der Waals surface area contributed by atoms with E-state index in [1.807, 2.05) is 18.2 Å². The number of anilines is 2. The van der Waals surface area contributed by atoms with E-state index < -0.39 is 0 Å². The summed E-state index contributed by atoms with van der Waals surface area (Å²) in [6.45, 7) is 7.80. The van der Waals surface area contributed by atoms with Gasteiger partial charge >= 0.3 is 0 Å². The minimum Gasteiger partial charge on any atom is -0.369 e. The van der Waals surface area contributed by atoms with E-state index in [4.69, 9.17) is 0 Å². The number of piperazine rings is 1. The molecule has 7 heteroatoms. The first-order valence-electron chi connectivity index (χ1n) is 10.1. The van der Waals surface area contributed by atoms with Crippen molar-refractivity contribution in [3.8, 4) is 0 Å². The fourth-order valence-electron chi connectivity index (χ4n) is 3.60. The normalized spacial score (nSPS) is 15.7. The highest BCUT2D eigenvalue weighted by molar-refractivity contribution is 5.93. The van der Waals surface area contributed by atoms with Gasteiger partial charge in [-0.1, -0.05) is 32.0 Å². The van der Waals surface area contributed by atoms with Gasteiger partial charge in [0.25, 0.3) is 5.69 Å². The number of carbonyl (C=O) groups is 1. The van der Waals surface area contributed by atoms with Crippen LogP contribution in [0.25, 0.3) is 0 Å². The molecule has 0 spiro atoms. The van der Waals surface area contributed by atoms with Crippen LogP contribution in [0.5, 0.6) is 0 Å². The number of hydrogen-bond donors (Lipinski definition) is 1. The minimum atomic E-state index is -0.389. The summed E-state index contributed by atoms with van der Waals surface area (Å²) in [6.07, 6.45) is 1.03. The molecule has 2 aromatic rings. The highest BCUT2D eigenvalue weighted by Gasteiger charge is 2.20. The van der Waals surface area contributed by atoms with Gasteiger partial charge in [0, 0.05) is 49.7 Å². The number of nitro benzene ring substituents is 1. The van der Waals surface area contributed by atoms with Gasteiger partial charge < -0.3 is 10.2 Å². The lowest BCUT2D eigenvalue weighted by atomic mass is 9.97. The van der Waals surface area contributed by atoms with Gasteiger partial charge in [0.1, 0.15) is 0 Å². The van der Waals surface area contributed by atoms with Crippen molar-refractivity contribution >= 4 is 23.0 Å². The van der Waals surface area contributed by atoms with Crippen molar-refractivity contribution < 1.29 is 9.72 Å². The summed E-state index contributed by atoms with van der Waals surface area (Å²) >= 11 is 0. The van der Waals surface area contributed by atoms with E-state index >= 15 is 0 Å². The third kappa shape index (κ3) is 5.32. The van der Waals surface area contributed by atoms with Crippen molar-refractivity contribution in [2.24, 2.45) is 0 Å². The quantitative estimate of drug-likeness (QED) is 0.568. The monoisotopic (exact) mass is 396 g/mol. The smallest absolute Gasteiger partial charge is 0.269 e. The predicted molar refractivity (Wildman–Crippen MR) is 116 cm³/mol. The number of para-hydroxylation sites is 1. The predicted octanol–water partition coefficient (Wildman–Crippen LogP) is 3.87. The van der Waals surface area contributed by atoms with Crippen LogP contribution in [0.1, 0.15) is 31.7 Å². The van der Waals surface area contributed by atoms with Crippen LogP contribution in [-0.2, 0) is 4.79 Å². The number of benzene rings is 2. The number of nitro groups is 1. The number of hydrogen-bond acceptors (Lipinski definition) is 5. The van der Waals surface area contributed by atoms with Gasteiger partial charge in [-0.2, -0.15) is 0 Å². The lowest BCUT2D eigenvalue weighted by molar-refractivity contribution is -0.384. The molecule has 0 saturated carbocycles. The molecule has 29 heavy (non-hydrogen) atoms. The Morgan fingerprint density at radius 2 is 1.76 bits per heavy atom. The molecule has 154 valence electrons. The molecule has 0 aromatic heterocycles. The number of nitrogens with one attached hydrogen (secondary N) is 1. The van der Waals surface area contributed by atoms with Crippen molar-refractivity contribution in [1.29, 1.82) is 0 Å². The van der Waals surface area contributed by atoms with E-state index in [-0.39, 0.29) is 16.5 Å². The van der Waals surface area contributed by atoms with Crippen molar-refractivity contribution in [3.63, 3.8) is 0 Å². The fraction of sp³-hybridized carbons (Fsp3) is 0.409. The fourth-order valence-corrected chi connectivity index (χ4v) is 3.60. The molecular formula is C22H28N4O3. The second-order valence-electron chi connectivity index (χ2n) is 7.48. The molecule has 1 saturated heterocycles. The van der Waals surface area contributed by atoms with E-state index in [2.05, 4.69) is 35.0 Å². The number of amides is 1. The first-order valence-corrected chi connectivity index (χ1v) is 10.1. The lowest BCUT2D eigenvalue weighted by Gasteiger charge is -2.35. The molecule has 3 rings (SSSR count). The largest absolute Gasteiger partial charge is 0.369 e. The van der Waals surface area contributed by atoms with Crippen LogP contribution in [0.15, 0.2) is 48.5 Å². The number of nitrogens with zero attached hydrogens (tertiary/aromatic N) is 3. The van der Waals surface area contributed by atoms with Crippen LogP contribution in [0, 0.1) is 10.1 Å². The summed E-state index contributed by atoms with van der Waals surface area (Å²) in [6, 6.07) is 14.6. The lowest BCUT2D eigenvalue weighted by Crippen LogP contribution is -2.48. The van der Waals surface area contributed by atoms with Gasteiger partial charge in [0.15, 0.2) is 0 Å². The summed E-state index contributed by atoms with van der Waals surface area (Å²) in [5.74, 6) is 0.404. The molecule has 1 amide bonds. The molecule has 1 aliphatic rings. The Labute approximate surface area is 171 Å². The molecular weight excluding hydrogens is 368 g/mol. The summed E-state index contributed by atoms with van der Waals surface area (Å²) in [5.41, 5.74) is 3.15. The maximum Gasteiger partial charge on any atom is 0.269 e. The molecule has 2 aromatic carbocycles. The third-order valence-electron chi connectivity index (χ3n) is 5.54. The average Bonchev–Trinajstić information content (AvgIpc) is 2.74. The molecule has 1 atom stereocenters. The van der Waals surface area contributed by atoms with Crippen LogP contribution in [-0.4, -0.2) is 48.5 Å². The van der Waals surface area contributed by atoms with E-state index in [0.717, 1.165) is 44.0 Å². The Balaban J connectivity index is 1.52. The zero-order valence-electron chi connectivity index (χ0n) is 17.0. The van der Waals surface area contributed by atoms with Crippen molar-refractivity contribution in [1.82, 2.24) is 4.90 Å². The molecule has 1 aliphatic heterocycles. The van der Waals surface area contributed by atoms with E-state index in [1.54, 1.807) is 12.1 Å². The molecule has 0 radical (unpaired) electrons. The Bertz CT molecular complexity index is 845. The van der Waals surface area contributed by atoms with Gasteiger partial charge in [-0.25, -0.2) is 0 Å². The van der Waals surface area contributed by atoms with Crippen LogP contribution >= 0.6 is 0 Å². The third-order valence-corrected chi connectivity index (χ3v) is 5.54. The van der Waals surface area contributed by atoms with Crippen LogP contribution in [0.3, 0.4) is 0 Å².